The van der Waals surface area contributed by atoms with Gasteiger partial charge in [-0.25, -0.2) is 0 Å². The van der Waals surface area contributed by atoms with E-state index in [-0.39, 0.29) is 5.91 Å². The van der Waals surface area contributed by atoms with Crippen molar-refractivity contribution < 1.29 is 4.79 Å². The van der Waals surface area contributed by atoms with Crippen molar-refractivity contribution in [2.24, 2.45) is 0 Å². The summed E-state index contributed by atoms with van der Waals surface area (Å²) >= 11 is 0. The third kappa shape index (κ3) is 2.48. The Morgan fingerprint density at radius 1 is 1.32 bits per heavy atom. The van der Waals surface area contributed by atoms with Crippen molar-refractivity contribution in [1.29, 1.82) is 0 Å². The Kier molecular flexibility index (Phi) is 3.23. The van der Waals surface area contributed by atoms with Crippen LogP contribution in [0.25, 0.3) is 10.9 Å². The number of aromatic nitrogens is 2. The highest BCUT2D eigenvalue weighted by Crippen LogP contribution is 2.16. The van der Waals surface area contributed by atoms with Gasteiger partial charge in [-0.3, -0.25) is 9.48 Å². The van der Waals surface area contributed by atoms with Crippen LogP contribution in [0.2, 0.25) is 0 Å². The average molecular weight is 257 g/mol. The molecule has 100 valence electrons. The molecule has 0 saturated carbocycles. The molecule has 19 heavy (non-hydrogen) atoms. The summed E-state index contributed by atoms with van der Waals surface area (Å²) < 4.78 is 1.93. The zero-order valence-corrected chi connectivity index (χ0v) is 11.3. The normalized spacial score (nSPS) is 15.3. The summed E-state index contributed by atoms with van der Waals surface area (Å²) in [4.78, 5) is 14.0. The number of hydrogen-bond acceptors (Lipinski definition) is 2. The van der Waals surface area contributed by atoms with Gasteiger partial charge in [-0.1, -0.05) is 11.6 Å². The number of nitrogens with zero attached hydrogens (tertiary/aromatic N) is 3. The summed E-state index contributed by atoms with van der Waals surface area (Å²) in [6, 6.07) is 6.29. The Bertz CT molecular complexity index is 596. The van der Waals surface area contributed by atoms with Crippen LogP contribution in [-0.4, -0.2) is 33.7 Å². The molecule has 0 spiro atoms. The molecular formula is C15H19N3O. The van der Waals surface area contributed by atoms with Gasteiger partial charge in [0.1, 0.15) is 0 Å². The molecule has 0 unspecified atom stereocenters. The molecule has 0 bridgehead atoms. The van der Waals surface area contributed by atoms with Crippen LogP contribution in [0.15, 0.2) is 24.4 Å². The summed E-state index contributed by atoms with van der Waals surface area (Å²) in [7, 11) is 0. The van der Waals surface area contributed by atoms with Crippen LogP contribution in [0, 0.1) is 6.92 Å². The van der Waals surface area contributed by atoms with Crippen LogP contribution >= 0.6 is 0 Å². The minimum atomic E-state index is 0.258. The topological polar surface area (TPSA) is 38.1 Å². The van der Waals surface area contributed by atoms with Crippen LogP contribution in [0.5, 0.6) is 0 Å². The molecule has 2 aromatic rings. The molecule has 1 aromatic heterocycles. The SMILES string of the molecule is Cc1ccc2c(cnn2CCC(=O)N2CCCC2)c1. The van der Waals surface area contributed by atoms with Crippen LogP contribution in [0.1, 0.15) is 24.8 Å². The molecule has 4 nitrogen and oxygen atoms in total. The van der Waals surface area contributed by atoms with E-state index in [1.165, 1.54) is 5.56 Å². The van der Waals surface area contributed by atoms with Gasteiger partial charge < -0.3 is 4.90 Å². The van der Waals surface area contributed by atoms with Gasteiger partial charge >= 0.3 is 0 Å². The van der Waals surface area contributed by atoms with E-state index in [2.05, 4.69) is 30.2 Å². The highest BCUT2D eigenvalue weighted by molar-refractivity contribution is 5.80. The number of amides is 1. The molecule has 1 amide bonds. The number of aryl methyl sites for hydroxylation is 2. The molecule has 0 atom stereocenters. The molecule has 0 aliphatic carbocycles. The smallest absolute Gasteiger partial charge is 0.224 e. The van der Waals surface area contributed by atoms with E-state index in [1.807, 2.05) is 15.8 Å². The summed E-state index contributed by atoms with van der Waals surface area (Å²) in [5.74, 6) is 0.258. The number of hydrogen-bond donors (Lipinski definition) is 0. The lowest BCUT2D eigenvalue weighted by atomic mass is 10.2. The van der Waals surface area contributed by atoms with Gasteiger partial charge in [0.15, 0.2) is 0 Å². The first kappa shape index (κ1) is 12.2. The lowest BCUT2D eigenvalue weighted by Crippen LogP contribution is -2.28. The predicted molar refractivity (Wildman–Crippen MR) is 74.9 cm³/mol. The van der Waals surface area contributed by atoms with Gasteiger partial charge in [-0.2, -0.15) is 5.10 Å². The van der Waals surface area contributed by atoms with Crippen molar-refractivity contribution in [2.45, 2.75) is 32.7 Å². The van der Waals surface area contributed by atoms with E-state index in [1.54, 1.807) is 0 Å². The summed E-state index contributed by atoms with van der Waals surface area (Å²) in [6.07, 6.45) is 4.72. The molecule has 3 rings (SSSR count). The van der Waals surface area contributed by atoms with Crippen LogP contribution < -0.4 is 0 Å². The lowest BCUT2D eigenvalue weighted by molar-refractivity contribution is -0.130. The van der Waals surface area contributed by atoms with E-state index in [9.17, 15) is 4.79 Å². The highest BCUT2D eigenvalue weighted by Gasteiger charge is 2.17. The average Bonchev–Trinajstić information content (AvgIpc) is 3.05. The Balaban J connectivity index is 1.69. The highest BCUT2D eigenvalue weighted by atomic mass is 16.2. The second kappa shape index (κ2) is 5.03. The van der Waals surface area contributed by atoms with Crippen molar-refractivity contribution in [3.63, 3.8) is 0 Å². The number of benzene rings is 1. The Morgan fingerprint density at radius 2 is 2.11 bits per heavy atom. The molecule has 1 aromatic carbocycles. The van der Waals surface area contributed by atoms with Crippen molar-refractivity contribution in [3.05, 3.63) is 30.0 Å². The maximum absolute atomic E-state index is 12.0. The predicted octanol–water partition coefficient (Wildman–Crippen LogP) is 2.36. The molecule has 4 heteroatoms. The summed E-state index contributed by atoms with van der Waals surface area (Å²) in [5.41, 5.74) is 2.35. The zero-order chi connectivity index (χ0) is 13.2. The molecule has 2 heterocycles. The second-order valence-electron chi connectivity index (χ2n) is 5.27. The fourth-order valence-electron chi connectivity index (χ4n) is 2.71. The molecule has 1 saturated heterocycles. The quantitative estimate of drug-likeness (QED) is 0.846. The molecule has 1 aliphatic heterocycles. The van der Waals surface area contributed by atoms with Gasteiger partial charge in [-0.15, -0.1) is 0 Å². The summed E-state index contributed by atoms with van der Waals surface area (Å²) in [5, 5.41) is 5.53. The Morgan fingerprint density at radius 3 is 2.89 bits per heavy atom. The first-order valence-corrected chi connectivity index (χ1v) is 6.94. The van der Waals surface area contributed by atoms with Gasteiger partial charge in [-0.05, 0) is 31.9 Å². The molecular weight excluding hydrogens is 238 g/mol. The molecule has 1 aliphatic rings. The molecule has 0 N–H and O–H groups in total. The lowest BCUT2D eigenvalue weighted by Gasteiger charge is -2.15. The number of carbonyl (C=O) groups excluding carboxylic acids is 1. The molecule has 1 fully saturated rings. The number of carbonyl (C=O) groups is 1. The summed E-state index contributed by atoms with van der Waals surface area (Å²) in [6.45, 7) is 4.60. The van der Waals surface area contributed by atoms with E-state index in [0.717, 1.165) is 36.8 Å². The van der Waals surface area contributed by atoms with Crippen molar-refractivity contribution in [1.82, 2.24) is 14.7 Å². The maximum Gasteiger partial charge on any atom is 0.224 e. The number of rotatable bonds is 3. The largest absolute Gasteiger partial charge is 0.343 e. The maximum atomic E-state index is 12.0. The van der Waals surface area contributed by atoms with Crippen molar-refractivity contribution in [3.8, 4) is 0 Å². The fraction of sp³-hybridized carbons (Fsp3) is 0.467. The number of likely N-dealkylation sites (tertiary alicyclic amines) is 1. The van der Waals surface area contributed by atoms with E-state index in [4.69, 9.17) is 0 Å². The van der Waals surface area contributed by atoms with Gasteiger partial charge in [0.05, 0.1) is 18.3 Å². The zero-order valence-electron chi connectivity index (χ0n) is 11.3. The Labute approximate surface area is 113 Å². The second-order valence-corrected chi connectivity index (χ2v) is 5.27. The van der Waals surface area contributed by atoms with E-state index < -0.39 is 0 Å². The van der Waals surface area contributed by atoms with Gasteiger partial charge in [0, 0.05) is 24.9 Å². The van der Waals surface area contributed by atoms with Crippen molar-refractivity contribution >= 4 is 16.8 Å². The monoisotopic (exact) mass is 257 g/mol. The molecule has 0 radical (unpaired) electrons. The van der Waals surface area contributed by atoms with Crippen LogP contribution in [0.4, 0.5) is 0 Å². The van der Waals surface area contributed by atoms with Crippen LogP contribution in [0.3, 0.4) is 0 Å². The minimum Gasteiger partial charge on any atom is -0.343 e. The van der Waals surface area contributed by atoms with Crippen LogP contribution in [-0.2, 0) is 11.3 Å². The first-order valence-electron chi connectivity index (χ1n) is 6.94. The third-order valence-corrected chi connectivity index (χ3v) is 3.79. The van der Waals surface area contributed by atoms with E-state index in [0.29, 0.717) is 13.0 Å². The van der Waals surface area contributed by atoms with Crippen molar-refractivity contribution in [2.75, 3.05) is 13.1 Å². The van der Waals surface area contributed by atoms with Gasteiger partial charge in [0.2, 0.25) is 5.91 Å². The standard InChI is InChI=1S/C15H19N3O/c1-12-4-5-14-13(10-12)11-16-18(14)9-6-15(19)17-7-2-3-8-17/h4-5,10-11H,2-3,6-9H2,1H3. The van der Waals surface area contributed by atoms with E-state index >= 15 is 0 Å². The minimum absolute atomic E-state index is 0.258. The first-order chi connectivity index (χ1) is 9.24. The number of fused-ring (bicyclic) bond motifs is 1. The van der Waals surface area contributed by atoms with Gasteiger partial charge in [0.25, 0.3) is 0 Å². The third-order valence-electron chi connectivity index (χ3n) is 3.79. The fourth-order valence-corrected chi connectivity index (χ4v) is 2.71. The Hall–Kier alpha value is -1.84.